The molecular formula is C31H38F3IN2O5. The number of ketones is 1. The highest BCUT2D eigenvalue weighted by atomic mass is 127. The number of fused-ring (bicyclic) bond motifs is 5. The molecule has 1 aliphatic heterocycles. The highest BCUT2D eigenvalue weighted by molar-refractivity contribution is 14.1. The van der Waals surface area contributed by atoms with Crippen LogP contribution in [0.5, 0.6) is 5.75 Å². The van der Waals surface area contributed by atoms with E-state index in [-0.39, 0.29) is 40.5 Å². The summed E-state index contributed by atoms with van der Waals surface area (Å²) in [7, 11) is 0. The normalized spacial score (nSPS) is 32.7. The lowest BCUT2D eigenvalue weighted by atomic mass is 9.49. The fourth-order valence-corrected chi connectivity index (χ4v) is 8.72. The van der Waals surface area contributed by atoms with Crippen LogP contribution in [-0.4, -0.2) is 41.2 Å². The molecule has 0 spiro atoms. The molecule has 0 aromatic heterocycles. The second kappa shape index (κ2) is 10.7. The molecule has 0 bridgehead atoms. The Hall–Kier alpha value is -2.31. The van der Waals surface area contributed by atoms with Gasteiger partial charge in [0.15, 0.2) is 11.5 Å². The molecule has 3 aliphatic carbocycles. The number of halogens is 4. The average molecular weight is 703 g/mol. The van der Waals surface area contributed by atoms with Gasteiger partial charge < -0.3 is 14.8 Å². The Kier molecular flexibility index (Phi) is 7.92. The van der Waals surface area contributed by atoms with E-state index in [2.05, 4.69) is 23.9 Å². The third kappa shape index (κ3) is 5.78. The number of hydrogen-bond acceptors (Lipinski definition) is 5. The number of alkyl halides is 3. The Balaban J connectivity index is 1.42. The SMILES string of the molecule is CC(C)(C)OC(=O)N1CC2C3CCC(C(=O)Nc4ccc(I)cc4OC(F)(F)F)[C@@]3(C)CCC2[C@@]2(C)CCC(=O)C=C12. The first-order chi connectivity index (χ1) is 19.4. The predicted octanol–water partition coefficient (Wildman–Crippen LogP) is 7.69. The second-order valence-electron chi connectivity index (χ2n) is 13.7. The van der Waals surface area contributed by atoms with Crippen LogP contribution in [-0.2, 0) is 14.3 Å². The third-order valence-corrected chi connectivity index (χ3v) is 10.7. The van der Waals surface area contributed by atoms with Crippen molar-refractivity contribution in [2.24, 2.45) is 34.5 Å². The molecule has 1 aromatic rings. The molecule has 2 amide bonds. The van der Waals surface area contributed by atoms with Gasteiger partial charge in [0.25, 0.3) is 0 Å². The van der Waals surface area contributed by atoms with Gasteiger partial charge in [0.1, 0.15) is 5.60 Å². The van der Waals surface area contributed by atoms with E-state index in [9.17, 15) is 27.6 Å². The Morgan fingerprint density at radius 1 is 1.07 bits per heavy atom. The molecule has 230 valence electrons. The van der Waals surface area contributed by atoms with Gasteiger partial charge in [0.05, 0.1) is 5.69 Å². The summed E-state index contributed by atoms with van der Waals surface area (Å²) < 4.78 is 49.8. The van der Waals surface area contributed by atoms with Crippen molar-refractivity contribution in [3.05, 3.63) is 33.5 Å². The van der Waals surface area contributed by atoms with Crippen molar-refractivity contribution in [1.29, 1.82) is 0 Å². The maximum atomic E-state index is 13.7. The van der Waals surface area contributed by atoms with E-state index in [1.807, 2.05) is 43.4 Å². The van der Waals surface area contributed by atoms with Gasteiger partial charge in [0, 0.05) is 39.6 Å². The number of anilines is 1. The van der Waals surface area contributed by atoms with Crippen LogP contribution in [0, 0.1) is 38.1 Å². The smallest absolute Gasteiger partial charge is 0.443 e. The topological polar surface area (TPSA) is 84.9 Å². The molecule has 3 fully saturated rings. The summed E-state index contributed by atoms with van der Waals surface area (Å²) in [5.74, 6) is -0.709. The lowest BCUT2D eigenvalue weighted by Crippen LogP contribution is -2.59. The molecule has 5 rings (SSSR count). The van der Waals surface area contributed by atoms with Gasteiger partial charge in [-0.1, -0.05) is 13.8 Å². The van der Waals surface area contributed by atoms with Crippen molar-refractivity contribution < 1.29 is 37.0 Å². The Labute approximate surface area is 258 Å². The van der Waals surface area contributed by atoms with Gasteiger partial charge >= 0.3 is 12.5 Å². The number of nitrogens with zero attached hydrogens (tertiary/aromatic N) is 1. The summed E-state index contributed by atoms with van der Waals surface area (Å²) in [6.45, 7) is 10.1. The van der Waals surface area contributed by atoms with Crippen molar-refractivity contribution in [2.45, 2.75) is 85.1 Å². The number of hydrogen-bond donors (Lipinski definition) is 1. The number of benzene rings is 1. The molecule has 11 heteroatoms. The van der Waals surface area contributed by atoms with Crippen LogP contribution in [0.1, 0.15) is 73.1 Å². The van der Waals surface area contributed by atoms with Crippen LogP contribution in [0.25, 0.3) is 0 Å². The number of carbonyl (C=O) groups excluding carboxylic acids is 3. The summed E-state index contributed by atoms with van der Waals surface area (Å²) in [5.41, 5.74) is -0.755. The summed E-state index contributed by atoms with van der Waals surface area (Å²) in [5, 5.41) is 2.74. The van der Waals surface area contributed by atoms with Crippen molar-refractivity contribution in [1.82, 2.24) is 4.90 Å². The average Bonchev–Trinajstić information content (AvgIpc) is 3.21. The highest BCUT2D eigenvalue weighted by Gasteiger charge is 2.62. The molecule has 4 unspecified atom stereocenters. The Bertz CT molecular complexity index is 1320. The van der Waals surface area contributed by atoms with Crippen LogP contribution in [0.3, 0.4) is 0 Å². The predicted molar refractivity (Wildman–Crippen MR) is 158 cm³/mol. The number of likely N-dealkylation sites (tertiary alicyclic amines) is 1. The molecule has 7 nitrogen and oxygen atoms in total. The summed E-state index contributed by atoms with van der Waals surface area (Å²) in [6, 6.07) is 4.31. The van der Waals surface area contributed by atoms with E-state index >= 15 is 0 Å². The van der Waals surface area contributed by atoms with E-state index in [1.54, 1.807) is 17.0 Å². The van der Waals surface area contributed by atoms with Gasteiger partial charge in [-0.15, -0.1) is 13.2 Å². The van der Waals surface area contributed by atoms with Crippen LogP contribution in [0.4, 0.5) is 23.7 Å². The fourth-order valence-electron chi connectivity index (χ4n) is 8.25. The van der Waals surface area contributed by atoms with Gasteiger partial charge in [-0.25, -0.2) is 4.79 Å². The van der Waals surface area contributed by atoms with Crippen LogP contribution in [0.2, 0.25) is 0 Å². The van der Waals surface area contributed by atoms with Crippen molar-refractivity contribution in [3.63, 3.8) is 0 Å². The van der Waals surface area contributed by atoms with Gasteiger partial charge in [-0.05, 0) is 117 Å². The lowest BCUT2D eigenvalue weighted by Gasteiger charge is -2.60. The molecule has 1 saturated heterocycles. The first kappa shape index (κ1) is 31.1. The van der Waals surface area contributed by atoms with Crippen molar-refractivity contribution in [2.75, 3.05) is 11.9 Å². The van der Waals surface area contributed by atoms with Crippen LogP contribution in [0.15, 0.2) is 30.0 Å². The first-order valence-electron chi connectivity index (χ1n) is 14.5. The van der Waals surface area contributed by atoms with Gasteiger partial charge in [-0.2, -0.15) is 0 Å². The summed E-state index contributed by atoms with van der Waals surface area (Å²) >= 11 is 1.90. The number of ether oxygens (including phenoxy) is 2. The van der Waals surface area contributed by atoms with Crippen molar-refractivity contribution in [3.8, 4) is 5.75 Å². The quantitative estimate of drug-likeness (QED) is 0.327. The highest BCUT2D eigenvalue weighted by Crippen LogP contribution is 2.65. The Morgan fingerprint density at radius 2 is 1.79 bits per heavy atom. The first-order valence-corrected chi connectivity index (χ1v) is 15.6. The zero-order chi connectivity index (χ0) is 30.8. The minimum absolute atomic E-state index is 0.0113. The molecule has 1 N–H and O–H groups in total. The zero-order valence-corrected chi connectivity index (χ0v) is 26.7. The molecule has 1 aromatic carbocycles. The molecule has 0 radical (unpaired) electrons. The van der Waals surface area contributed by atoms with Gasteiger partial charge in [-0.3, -0.25) is 14.5 Å². The molecular weight excluding hydrogens is 664 g/mol. The number of carbonyl (C=O) groups is 3. The van der Waals surface area contributed by atoms with Gasteiger partial charge in [0.2, 0.25) is 5.91 Å². The number of allylic oxidation sites excluding steroid dienone is 2. The number of rotatable bonds is 3. The number of nitrogens with one attached hydrogen (secondary N) is 1. The maximum Gasteiger partial charge on any atom is 0.573 e. The van der Waals surface area contributed by atoms with E-state index in [1.165, 1.54) is 12.1 Å². The van der Waals surface area contributed by atoms with Crippen LogP contribution >= 0.6 is 22.6 Å². The molecule has 42 heavy (non-hydrogen) atoms. The monoisotopic (exact) mass is 702 g/mol. The maximum absolute atomic E-state index is 13.7. The minimum Gasteiger partial charge on any atom is -0.443 e. The molecule has 4 aliphatic rings. The fraction of sp³-hybridized carbons (Fsp3) is 0.645. The number of amides is 2. The largest absolute Gasteiger partial charge is 0.573 e. The van der Waals surface area contributed by atoms with E-state index in [0.717, 1.165) is 25.0 Å². The van der Waals surface area contributed by atoms with E-state index in [0.29, 0.717) is 29.4 Å². The molecule has 2 saturated carbocycles. The van der Waals surface area contributed by atoms with Crippen molar-refractivity contribution >= 4 is 46.1 Å². The lowest BCUT2D eigenvalue weighted by molar-refractivity contribution is -0.274. The standard InChI is InChI=1S/C31H38F3IN2O5/c1-28(2,3)42-27(40)37-16-19-20-7-8-22(26(39)36-23-9-6-17(35)14-24(23)41-31(32,33)34)29(20,4)13-11-21(19)30(5)12-10-18(38)15-25(30)37/h6,9,14-15,19-22H,7-8,10-13,16H2,1-5H3,(H,36,39)/t19?,20?,21?,22?,29-,30+/m0/s1. The third-order valence-electron chi connectivity index (χ3n) is 10.1. The summed E-state index contributed by atoms with van der Waals surface area (Å²) in [4.78, 5) is 41.4. The minimum atomic E-state index is -4.89. The Morgan fingerprint density at radius 3 is 2.45 bits per heavy atom. The second-order valence-corrected chi connectivity index (χ2v) is 15.0. The van der Waals surface area contributed by atoms with E-state index in [4.69, 9.17) is 4.74 Å². The van der Waals surface area contributed by atoms with E-state index < -0.39 is 35.1 Å². The molecule has 6 atom stereocenters. The zero-order valence-electron chi connectivity index (χ0n) is 24.6. The molecule has 1 heterocycles. The number of piperidine rings is 1. The van der Waals surface area contributed by atoms with Crippen LogP contribution < -0.4 is 10.1 Å². The summed E-state index contributed by atoms with van der Waals surface area (Å²) in [6.07, 6.45) is 0.326.